The minimum Gasteiger partial charge on any atom is -0.391 e. The maximum Gasteiger partial charge on any atom is 0.231 e. The van der Waals surface area contributed by atoms with Gasteiger partial charge in [-0.1, -0.05) is 13.8 Å². The Kier molecular flexibility index (Phi) is 6.24. The molecule has 0 radical (unpaired) electrons. The molecule has 1 heterocycles. The van der Waals surface area contributed by atoms with E-state index in [2.05, 4.69) is 20.3 Å². The first kappa shape index (κ1) is 15.9. The van der Waals surface area contributed by atoms with Gasteiger partial charge in [0.05, 0.1) is 6.10 Å². The molecule has 6 nitrogen and oxygen atoms in total. The predicted octanol–water partition coefficient (Wildman–Crippen LogP) is 1.80. The molecule has 0 spiro atoms. The molecule has 7 heteroatoms. The van der Waals surface area contributed by atoms with Crippen molar-refractivity contribution in [2.45, 2.75) is 33.8 Å². The number of aliphatic hydroxyl groups excluding tert-OH is 1. The van der Waals surface area contributed by atoms with Crippen LogP contribution >= 0.6 is 11.6 Å². The Balaban J connectivity index is 2.79. The number of nitrogens with one attached hydrogen (secondary N) is 1. The largest absolute Gasteiger partial charge is 0.391 e. The summed E-state index contributed by atoms with van der Waals surface area (Å²) >= 11 is 5.89. The Bertz CT molecular complexity index is 398. The molecule has 0 saturated carbocycles. The molecule has 0 amide bonds. The first-order valence-electron chi connectivity index (χ1n) is 6.56. The molecule has 1 aromatic heterocycles. The quantitative estimate of drug-likeness (QED) is 0.797. The van der Waals surface area contributed by atoms with Crippen molar-refractivity contribution in [3.8, 4) is 0 Å². The van der Waals surface area contributed by atoms with E-state index in [0.29, 0.717) is 18.4 Å². The van der Waals surface area contributed by atoms with Crippen molar-refractivity contribution in [3.63, 3.8) is 0 Å². The standard InChI is InChI=1S/C12H22ClN5O/c1-5-18(6-2)12-16-10(13)15-11(17-12)14-7-9(19)8(3)4/h8-9,19H,5-7H2,1-4H3,(H,14,15,16,17). The van der Waals surface area contributed by atoms with Gasteiger partial charge in [0, 0.05) is 19.6 Å². The molecule has 1 rings (SSSR count). The third-order valence-corrected chi connectivity index (χ3v) is 3.05. The molecular formula is C12H22ClN5O. The zero-order valence-corrected chi connectivity index (χ0v) is 12.6. The zero-order chi connectivity index (χ0) is 14.4. The fourth-order valence-corrected chi connectivity index (χ4v) is 1.65. The summed E-state index contributed by atoms with van der Waals surface area (Å²) in [5, 5.41) is 12.9. The summed E-state index contributed by atoms with van der Waals surface area (Å²) in [5.74, 6) is 1.11. The van der Waals surface area contributed by atoms with Crippen LogP contribution in [0.15, 0.2) is 0 Å². The third kappa shape index (κ3) is 4.80. The Labute approximate surface area is 119 Å². The number of aromatic nitrogens is 3. The molecule has 0 saturated heterocycles. The number of aliphatic hydroxyl groups is 1. The third-order valence-electron chi connectivity index (χ3n) is 2.88. The van der Waals surface area contributed by atoms with Gasteiger partial charge in [-0.2, -0.15) is 15.0 Å². The second kappa shape index (κ2) is 7.45. The number of rotatable bonds is 7. The summed E-state index contributed by atoms with van der Waals surface area (Å²) in [5.41, 5.74) is 0. The molecule has 0 aliphatic carbocycles. The summed E-state index contributed by atoms with van der Waals surface area (Å²) in [6.45, 7) is 9.93. The van der Waals surface area contributed by atoms with E-state index in [4.69, 9.17) is 11.6 Å². The van der Waals surface area contributed by atoms with Gasteiger partial charge in [-0.3, -0.25) is 0 Å². The molecule has 0 aromatic carbocycles. The van der Waals surface area contributed by atoms with Crippen LogP contribution in [-0.2, 0) is 0 Å². The monoisotopic (exact) mass is 287 g/mol. The Hall–Kier alpha value is -1.14. The maximum absolute atomic E-state index is 9.75. The van der Waals surface area contributed by atoms with Gasteiger partial charge in [-0.15, -0.1) is 0 Å². The highest BCUT2D eigenvalue weighted by molar-refractivity contribution is 6.28. The highest BCUT2D eigenvalue weighted by atomic mass is 35.5. The lowest BCUT2D eigenvalue weighted by Gasteiger charge is -2.19. The molecule has 0 bridgehead atoms. The highest BCUT2D eigenvalue weighted by Gasteiger charge is 2.12. The predicted molar refractivity (Wildman–Crippen MR) is 77.7 cm³/mol. The van der Waals surface area contributed by atoms with Crippen LogP contribution in [0.2, 0.25) is 5.28 Å². The van der Waals surface area contributed by atoms with Gasteiger partial charge >= 0.3 is 0 Å². The van der Waals surface area contributed by atoms with Crippen molar-refractivity contribution in [2.75, 3.05) is 29.9 Å². The smallest absolute Gasteiger partial charge is 0.231 e. The number of nitrogens with zero attached hydrogens (tertiary/aromatic N) is 4. The molecule has 108 valence electrons. The molecule has 19 heavy (non-hydrogen) atoms. The fraction of sp³-hybridized carbons (Fsp3) is 0.750. The van der Waals surface area contributed by atoms with Crippen LogP contribution in [0.4, 0.5) is 11.9 Å². The lowest BCUT2D eigenvalue weighted by molar-refractivity contribution is 0.137. The Morgan fingerprint density at radius 2 is 1.84 bits per heavy atom. The van der Waals surface area contributed by atoms with Crippen molar-refractivity contribution in [2.24, 2.45) is 5.92 Å². The molecular weight excluding hydrogens is 266 g/mol. The van der Waals surface area contributed by atoms with Gasteiger partial charge in [0.25, 0.3) is 0 Å². The first-order valence-corrected chi connectivity index (χ1v) is 6.94. The van der Waals surface area contributed by atoms with Gasteiger partial charge in [0.2, 0.25) is 17.2 Å². The van der Waals surface area contributed by atoms with Gasteiger partial charge in [-0.05, 0) is 31.4 Å². The number of hydrogen-bond donors (Lipinski definition) is 2. The first-order chi connectivity index (χ1) is 8.97. The molecule has 0 aliphatic heterocycles. The van der Waals surface area contributed by atoms with E-state index >= 15 is 0 Å². The topological polar surface area (TPSA) is 74.2 Å². The van der Waals surface area contributed by atoms with E-state index in [-0.39, 0.29) is 11.2 Å². The number of anilines is 2. The second-order valence-electron chi connectivity index (χ2n) is 4.59. The van der Waals surface area contributed by atoms with E-state index in [9.17, 15) is 5.11 Å². The van der Waals surface area contributed by atoms with Crippen molar-refractivity contribution >= 4 is 23.5 Å². The zero-order valence-electron chi connectivity index (χ0n) is 11.9. The normalized spacial score (nSPS) is 12.6. The minimum absolute atomic E-state index is 0.151. The minimum atomic E-state index is -0.451. The maximum atomic E-state index is 9.75. The average Bonchev–Trinajstić information content (AvgIpc) is 2.36. The van der Waals surface area contributed by atoms with Crippen LogP contribution in [-0.4, -0.2) is 45.8 Å². The highest BCUT2D eigenvalue weighted by Crippen LogP contribution is 2.13. The molecule has 1 unspecified atom stereocenters. The molecule has 1 aromatic rings. The van der Waals surface area contributed by atoms with Crippen LogP contribution in [0.25, 0.3) is 0 Å². The van der Waals surface area contributed by atoms with Crippen LogP contribution < -0.4 is 10.2 Å². The lowest BCUT2D eigenvalue weighted by Crippen LogP contribution is -2.27. The van der Waals surface area contributed by atoms with E-state index in [1.54, 1.807) is 0 Å². The Morgan fingerprint density at radius 1 is 1.21 bits per heavy atom. The summed E-state index contributed by atoms with van der Waals surface area (Å²) in [6, 6.07) is 0. The Morgan fingerprint density at radius 3 is 2.37 bits per heavy atom. The van der Waals surface area contributed by atoms with Crippen molar-refractivity contribution < 1.29 is 5.11 Å². The van der Waals surface area contributed by atoms with E-state index in [1.807, 2.05) is 32.6 Å². The van der Waals surface area contributed by atoms with Gasteiger partial charge in [-0.25, -0.2) is 0 Å². The fourth-order valence-electron chi connectivity index (χ4n) is 1.50. The van der Waals surface area contributed by atoms with Gasteiger partial charge < -0.3 is 15.3 Å². The molecule has 1 atom stereocenters. The van der Waals surface area contributed by atoms with Crippen LogP contribution in [0, 0.1) is 5.92 Å². The van der Waals surface area contributed by atoms with Gasteiger partial charge in [0.1, 0.15) is 0 Å². The average molecular weight is 288 g/mol. The summed E-state index contributed by atoms with van der Waals surface area (Å²) in [4.78, 5) is 14.4. The van der Waals surface area contributed by atoms with Crippen molar-refractivity contribution in [1.29, 1.82) is 0 Å². The summed E-state index contributed by atoms with van der Waals surface area (Å²) < 4.78 is 0. The SMILES string of the molecule is CCN(CC)c1nc(Cl)nc(NCC(O)C(C)C)n1. The molecule has 0 fully saturated rings. The van der Waals surface area contributed by atoms with Crippen molar-refractivity contribution in [3.05, 3.63) is 5.28 Å². The number of hydrogen-bond acceptors (Lipinski definition) is 6. The van der Waals surface area contributed by atoms with E-state index in [0.717, 1.165) is 13.1 Å². The lowest BCUT2D eigenvalue weighted by atomic mass is 10.1. The van der Waals surface area contributed by atoms with E-state index < -0.39 is 6.10 Å². The number of halogens is 1. The molecule has 0 aliphatic rings. The van der Waals surface area contributed by atoms with Crippen LogP contribution in [0.3, 0.4) is 0 Å². The van der Waals surface area contributed by atoms with Crippen LogP contribution in [0.5, 0.6) is 0 Å². The van der Waals surface area contributed by atoms with Gasteiger partial charge in [0.15, 0.2) is 0 Å². The second-order valence-corrected chi connectivity index (χ2v) is 4.93. The van der Waals surface area contributed by atoms with E-state index in [1.165, 1.54) is 0 Å². The summed E-state index contributed by atoms with van der Waals surface area (Å²) in [7, 11) is 0. The summed E-state index contributed by atoms with van der Waals surface area (Å²) in [6.07, 6.45) is -0.451. The van der Waals surface area contributed by atoms with Crippen LogP contribution in [0.1, 0.15) is 27.7 Å². The van der Waals surface area contributed by atoms with Crippen molar-refractivity contribution in [1.82, 2.24) is 15.0 Å². The molecule has 2 N–H and O–H groups in total.